The maximum absolute atomic E-state index is 12.1. The van der Waals surface area contributed by atoms with Crippen LogP contribution in [0.5, 0.6) is 0 Å². The van der Waals surface area contributed by atoms with Crippen LogP contribution in [0, 0.1) is 0 Å². The molecule has 0 bridgehead atoms. The summed E-state index contributed by atoms with van der Waals surface area (Å²) in [5, 5.41) is 13.3. The molecular weight excluding hydrogens is 302 g/mol. The molecule has 0 spiro atoms. The molecule has 104 valence electrons. The van der Waals surface area contributed by atoms with Crippen LogP contribution in [-0.2, 0) is 16.0 Å². The lowest BCUT2D eigenvalue weighted by Gasteiger charge is -2.21. The van der Waals surface area contributed by atoms with Crippen LogP contribution in [0.3, 0.4) is 0 Å². The van der Waals surface area contributed by atoms with E-state index in [-0.39, 0.29) is 16.9 Å². The van der Waals surface area contributed by atoms with Gasteiger partial charge in [0.05, 0.1) is 5.75 Å². The van der Waals surface area contributed by atoms with E-state index in [9.17, 15) is 9.59 Å². The van der Waals surface area contributed by atoms with Gasteiger partial charge in [-0.2, -0.15) is 0 Å². The van der Waals surface area contributed by atoms with Crippen LogP contribution in [0.4, 0.5) is 0 Å². The molecule has 0 aromatic carbocycles. The van der Waals surface area contributed by atoms with E-state index >= 15 is 0 Å². The first-order chi connectivity index (χ1) is 9.18. The fraction of sp³-hybridized carbons (Fsp3) is 0.500. The van der Waals surface area contributed by atoms with Gasteiger partial charge in [-0.25, -0.2) is 0 Å². The summed E-state index contributed by atoms with van der Waals surface area (Å²) in [5.41, 5.74) is 1.15. The summed E-state index contributed by atoms with van der Waals surface area (Å²) in [6.07, 6.45) is 1.05. The van der Waals surface area contributed by atoms with Crippen molar-refractivity contribution in [3.05, 3.63) is 21.9 Å². The van der Waals surface area contributed by atoms with Crippen LogP contribution in [0.2, 0.25) is 0 Å². The molecule has 0 aliphatic carbocycles. The molecule has 1 aromatic rings. The molecule has 1 aromatic heterocycles. The molecule has 1 amide bonds. The number of aryl methyl sites for hydroxylation is 1. The Morgan fingerprint density at radius 2 is 2.37 bits per heavy atom. The summed E-state index contributed by atoms with van der Waals surface area (Å²) in [7, 11) is 0. The highest BCUT2D eigenvalue weighted by Gasteiger charge is 2.27. The molecule has 2 heterocycles. The molecule has 2 rings (SSSR count). The Morgan fingerprint density at radius 3 is 3.16 bits per heavy atom. The Labute approximate surface area is 124 Å². The van der Waals surface area contributed by atoms with Gasteiger partial charge in [0.25, 0.3) is 0 Å². The van der Waals surface area contributed by atoms with Crippen molar-refractivity contribution in [2.45, 2.75) is 11.7 Å². The average molecular weight is 317 g/mol. The molecular formula is C12H15NO3S3. The third kappa shape index (κ3) is 4.15. The molecule has 1 aliphatic rings. The van der Waals surface area contributed by atoms with E-state index < -0.39 is 5.97 Å². The lowest BCUT2D eigenvalue weighted by Crippen LogP contribution is -2.31. The highest BCUT2D eigenvalue weighted by atomic mass is 32.2. The van der Waals surface area contributed by atoms with Gasteiger partial charge in [0.1, 0.15) is 5.25 Å². The Kier molecular flexibility index (Phi) is 5.59. The zero-order valence-electron chi connectivity index (χ0n) is 10.3. The van der Waals surface area contributed by atoms with Crippen molar-refractivity contribution >= 4 is 46.7 Å². The van der Waals surface area contributed by atoms with Gasteiger partial charge in [0, 0.05) is 17.2 Å². The van der Waals surface area contributed by atoms with E-state index in [1.165, 1.54) is 16.6 Å². The lowest BCUT2D eigenvalue weighted by atomic mass is 10.1. The van der Waals surface area contributed by atoms with E-state index in [0.717, 1.165) is 17.7 Å². The van der Waals surface area contributed by atoms with Gasteiger partial charge in [-0.3, -0.25) is 9.59 Å². The molecule has 4 nitrogen and oxygen atoms in total. The maximum atomic E-state index is 12.1. The van der Waals surface area contributed by atoms with E-state index in [4.69, 9.17) is 5.11 Å². The molecule has 1 atom stereocenters. The number of carboxylic acid groups (broad SMARTS) is 1. The summed E-state index contributed by atoms with van der Waals surface area (Å²) >= 11 is 4.72. The SMILES string of the molecule is O=C(O)CSCCNC(=O)C1SCCc2sccc21. The number of nitrogens with one attached hydrogen (secondary N) is 1. The van der Waals surface area contributed by atoms with Crippen LogP contribution in [0.25, 0.3) is 0 Å². The van der Waals surface area contributed by atoms with Crippen LogP contribution in [-0.4, -0.2) is 40.8 Å². The predicted octanol–water partition coefficient (Wildman–Crippen LogP) is 2.01. The summed E-state index contributed by atoms with van der Waals surface area (Å²) in [6, 6.07) is 2.04. The van der Waals surface area contributed by atoms with E-state index in [1.54, 1.807) is 23.1 Å². The minimum Gasteiger partial charge on any atom is -0.481 e. The molecule has 2 N–H and O–H groups in total. The number of hydrogen-bond acceptors (Lipinski definition) is 5. The number of aliphatic carboxylic acids is 1. The van der Waals surface area contributed by atoms with Gasteiger partial charge in [-0.1, -0.05) is 0 Å². The lowest BCUT2D eigenvalue weighted by molar-refractivity contribution is -0.133. The van der Waals surface area contributed by atoms with E-state index in [0.29, 0.717) is 12.3 Å². The van der Waals surface area contributed by atoms with Crippen LogP contribution in [0.15, 0.2) is 11.4 Å². The van der Waals surface area contributed by atoms with E-state index in [1.807, 2.05) is 11.4 Å². The third-order valence-electron chi connectivity index (χ3n) is 2.69. The van der Waals surface area contributed by atoms with Crippen molar-refractivity contribution in [2.24, 2.45) is 0 Å². The Morgan fingerprint density at radius 1 is 1.53 bits per heavy atom. The molecule has 19 heavy (non-hydrogen) atoms. The zero-order valence-corrected chi connectivity index (χ0v) is 12.7. The van der Waals surface area contributed by atoms with Crippen molar-refractivity contribution in [2.75, 3.05) is 23.8 Å². The summed E-state index contributed by atoms with van der Waals surface area (Å²) in [4.78, 5) is 23.8. The fourth-order valence-corrected chi connectivity index (χ4v) is 4.74. The molecule has 0 fully saturated rings. The molecule has 1 unspecified atom stereocenters. The van der Waals surface area contributed by atoms with Gasteiger partial charge < -0.3 is 10.4 Å². The van der Waals surface area contributed by atoms with Crippen molar-refractivity contribution in [1.29, 1.82) is 0 Å². The number of thioether (sulfide) groups is 2. The second kappa shape index (κ2) is 7.21. The van der Waals surface area contributed by atoms with Crippen molar-refractivity contribution in [1.82, 2.24) is 5.32 Å². The minimum atomic E-state index is -0.818. The number of amides is 1. The number of thiophene rings is 1. The quantitative estimate of drug-likeness (QED) is 0.786. The number of carbonyl (C=O) groups excluding carboxylic acids is 1. The highest BCUT2D eigenvalue weighted by Crippen LogP contribution is 2.39. The first kappa shape index (κ1) is 14.7. The Hall–Kier alpha value is -0.660. The summed E-state index contributed by atoms with van der Waals surface area (Å²) < 4.78 is 0. The van der Waals surface area contributed by atoms with Gasteiger partial charge in [0.2, 0.25) is 5.91 Å². The topological polar surface area (TPSA) is 66.4 Å². The van der Waals surface area contributed by atoms with Crippen molar-refractivity contribution in [3.8, 4) is 0 Å². The maximum Gasteiger partial charge on any atom is 0.313 e. The summed E-state index contributed by atoms with van der Waals surface area (Å²) in [5.74, 6) is 0.927. The fourth-order valence-electron chi connectivity index (χ4n) is 1.86. The smallest absolute Gasteiger partial charge is 0.313 e. The van der Waals surface area contributed by atoms with Crippen LogP contribution >= 0.6 is 34.9 Å². The highest BCUT2D eigenvalue weighted by molar-refractivity contribution is 8.00. The van der Waals surface area contributed by atoms with Gasteiger partial charge >= 0.3 is 5.97 Å². The first-order valence-electron chi connectivity index (χ1n) is 5.93. The molecule has 1 aliphatic heterocycles. The molecule has 0 saturated heterocycles. The second-order valence-corrected chi connectivity index (χ2v) is 7.36. The van der Waals surface area contributed by atoms with Gasteiger partial charge in [-0.15, -0.1) is 34.9 Å². The number of carboxylic acids is 1. The summed E-state index contributed by atoms with van der Waals surface area (Å²) in [6.45, 7) is 0.521. The standard InChI is InChI=1S/C12H15NO3S3/c14-10(15)7-17-6-3-13-12(16)11-8-1-4-18-9(8)2-5-19-11/h1,4,11H,2-3,5-7H2,(H,13,16)(H,14,15). The third-order valence-corrected chi connectivity index (χ3v) is 5.87. The normalized spacial score (nSPS) is 17.8. The van der Waals surface area contributed by atoms with Crippen LogP contribution < -0.4 is 5.32 Å². The molecule has 7 heteroatoms. The second-order valence-electron chi connectivity index (χ2n) is 4.04. The largest absolute Gasteiger partial charge is 0.481 e. The Balaban J connectivity index is 1.77. The predicted molar refractivity (Wildman–Crippen MR) is 81.2 cm³/mol. The number of rotatable bonds is 6. The number of hydrogen-bond donors (Lipinski definition) is 2. The number of carbonyl (C=O) groups is 2. The Bertz CT molecular complexity index is 461. The van der Waals surface area contributed by atoms with Crippen molar-refractivity contribution in [3.63, 3.8) is 0 Å². The molecule has 0 saturated carbocycles. The average Bonchev–Trinajstić information content (AvgIpc) is 2.85. The van der Waals surface area contributed by atoms with Crippen LogP contribution in [0.1, 0.15) is 15.7 Å². The number of fused-ring (bicyclic) bond motifs is 1. The van der Waals surface area contributed by atoms with Crippen molar-refractivity contribution < 1.29 is 14.7 Å². The van der Waals surface area contributed by atoms with Gasteiger partial charge in [-0.05, 0) is 29.2 Å². The van der Waals surface area contributed by atoms with E-state index in [2.05, 4.69) is 5.32 Å². The zero-order chi connectivity index (χ0) is 13.7. The van der Waals surface area contributed by atoms with Gasteiger partial charge in [0.15, 0.2) is 0 Å². The molecule has 0 radical (unpaired) electrons. The monoisotopic (exact) mass is 317 g/mol. The minimum absolute atomic E-state index is 0.0419. The first-order valence-corrected chi connectivity index (χ1v) is 9.02.